The van der Waals surface area contributed by atoms with Crippen LogP contribution in [0.4, 0.5) is 0 Å². The molecule has 1 rings (SSSR count). The lowest BCUT2D eigenvalue weighted by atomic mass is 10.2. The van der Waals surface area contributed by atoms with E-state index in [-0.39, 0.29) is 0 Å². The van der Waals surface area contributed by atoms with Crippen molar-refractivity contribution in [2.24, 2.45) is 0 Å². The largest absolute Gasteiger partial charge is 0.317 e. The molecular formula is C10H18N2S. The summed E-state index contributed by atoms with van der Waals surface area (Å²) in [6, 6.07) is 0. The highest BCUT2D eigenvalue weighted by atomic mass is 32.1. The lowest BCUT2D eigenvalue weighted by molar-refractivity contribution is 0.618. The first-order valence-electron chi connectivity index (χ1n) is 5.01. The van der Waals surface area contributed by atoms with E-state index in [0.29, 0.717) is 0 Å². The summed E-state index contributed by atoms with van der Waals surface area (Å²) in [6.45, 7) is 4.51. The van der Waals surface area contributed by atoms with Crippen molar-refractivity contribution in [2.75, 3.05) is 13.1 Å². The van der Waals surface area contributed by atoms with E-state index in [1.807, 2.05) is 11.7 Å². The molecule has 0 radical (unpaired) electrons. The summed E-state index contributed by atoms with van der Waals surface area (Å²) in [5, 5.41) is 3.40. The molecule has 0 amide bonds. The zero-order valence-corrected chi connectivity index (χ0v) is 9.07. The first-order chi connectivity index (χ1) is 6.43. The van der Waals surface area contributed by atoms with Gasteiger partial charge >= 0.3 is 0 Å². The smallest absolute Gasteiger partial charge is 0.0794 e. The van der Waals surface area contributed by atoms with Crippen molar-refractivity contribution in [3.63, 3.8) is 0 Å². The average molecular weight is 198 g/mol. The second-order valence-electron chi connectivity index (χ2n) is 3.17. The van der Waals surface area contributed by atoms with Gasteiger partial charge in [0.2, 0.25) is 0 Å². The van der Waals surface area contributed by atoms with Gasteiger partial charge in [-0.05, 0) is 38.8 Å². The van der Waals surface area contributed by atoms with Crippen molar-refractivity contribution in [1.29, 1.82) is 0 Å². The van der Waals surface area contributed by atoms with Crippen molar-refractivity contribution in [2.45, 2.75) is 32.6 Å². The summed E-state index contributed by atoms with van der Waals surface area (Å²) in [4.78, 5) is 5.47. The molecule has 0 aliphatic heterocycles. The van der Waals surface area contributed by atoms with Gasteiger partial charge in [0.25, 0.3) is 0 Å². The Bertz CT molecular complexity index is 197. The third-order valence-electron chi connectivity index (χ3n) is 1.94. The Balaban J connectivity index is 1.90. The Morgan fingerprint density at radius 3 is 3.00 bits per heavy atom. The first-order valence-corrected chi connectivity index (χ1v) is 5.89. The highest BCUT2D eigenvalue weighted by molar-refractivity contribution is 7.09. The molecule has 3 heteroatoms. The number of rotatable bonds is 7. The van der Waals surface area contributed by atoms with Crippen LogP contribution in [0.3, 0.4) is 0 Å². The van der Waals surface area contributed by atoms with Crippen molar-refractivity contribution >= 4 is 11.3 Å². The van der Waals surface area contributed by atoms with Gasteiger partial charge in [0, 0.05) is 11.1 Å². The van der Waals surface area contributed by atoms with Crippen LogP contribution in [0.5, 0.6) is 0 Å². The molecule has 0 bridgehead atoms. The van der Waals surface area contributed by atoms with Crippen LogP contribution in [0.1, 0.15) is 31.1 Å². The van der Waals surface area contributed by atoms with Crippen LogP contribution >= 0.6 is 11.3 Å². The number of thiazole rings is 1. The molecule has 1 aromatic heterocycles. The Morgan fingerprint density at radius 1 is 1.38 bits per heavy atom. The summed E-state index contributed by atoms with van der Waals surface area (Å²) in [7, 11) is 0. The fourth-order valence-electron chi connectivity index (χ4n) is 1.22. The SMILES string of the molecule is CCCNCCCCc1cncs1. The molecule has 0 atom stereocenters. The van der Waals surface area contributed by atoms with Gasteiger partial charge in [0.1, 0.15) is 0 Å². The van der Waals surface area contributed by atoms with E-state index in [0.717, 1.165) is 13.1 Å². The fraction of sp³-hybridized carbons (Fsp3) is 0.700. The third-order valence-corrected chi connectivity index (χ3v) is 2.78. The number of aryl methyl sites for hydroxylation is 1. The number of unbranched alkanes of at least 4 members (excludes halogenated alkanes) is 1. The van der Waals surface area contributed by atoms with Gasteiger partial charge in [0.15, 0.2) is 0 Å². The molecule has 0 aliphatic rings. The minimum atomic E-state index is 1.15. The molecule has 0 unspecified atom stereocenters. The summed E-state index contributed by atoms with van der Waals surface area (Å²) >= 11 is 1.76. The number of nitrogens with zero attached hydrogens (tertiary/aromatic N) is 1. The van der Waals surface area contributed by atoms with Crippen LogP contribution in [-0.2, 0) is 6.42 Å². The quantitative estimate of drug-likeness (QED) is 0.681. The summed E-state index contributed by atoms with van der Waals surface area (Å²) in [6.07, 6.45) is 6.95. The van der Waals surface area contributed by atoms with Crippen molar-refractivity contribution in [3.05, 3.63) is 16.6 Å². The molecule has 1 heterocycles. The average Bonchev–Trinajstić information content (AvgIpc) is 2.63. The molecule has 2 nitrogen and oxygen atoms in total. The Morgan fingerprint density at radius 2 is 2.31 bits per heavy atom. The standard InChI is InChI=1S/C10H18N2S/c1-2-6-11-7-4-3-5-10-8-12-9-13-10/h8-9,11H,2-7H2,1H3. The van der Waals surface area contributed by atoms with Gasteiger partial charge in [-0.1, -0.05) is 6.92 Å². The molecule has 0 saturated carbocycles. The Hall–Kier alpha value is -0.410. The number of hydrogen-bond acceptors (Lipinski definition) is 3. The third kappa shape index (κ3) is 5.01. The van der Waals surface area contributed by atoms with Gasteiger partial charge in [-0.25, -0.2) is 0 Å². The van der Waals surface area contributed by atoms with Gasteiger partial charge in [-0.2, -0.15) is 0 Å². The summed E-state index contributed by atoms with van der Waals surface area (Å²) in [5.74, 6) is 0. The molecule has 0 fully saturated rings. The molecule has 74 valence electrons. The highest BCUT2D eigenvalue weighted by Crippen LogP contribution is 2.08. The predicted octanol–water partition coefficient (Wildman–Crippen LogP) is 2.47. The van der Waals surface area contributed by atoms with Gasteiger partial charge < -0.3 is 5.32 Å². The van der Waals surface area contributed by atoms with Crippen LogP contribution in [0.15, 0.2) is 11.7 Å². The predicted molar refractivity (Wildman–Crippen MR) is 58.2 cm³/mol. The lowest BCUT2D eigenvalue weighted by Crippen LogP contribution is -2.15. The van der Waals surface area contributed by atoms with Crippen LogP contribution in [-0.4, -0.2) is 18.1 Å². The molecule has 13 heavy (non-hydrogen) atoms. The van der Waals surface area contributed by atoms with Gasteiger partial charge in [-0.3, -0.25) is 4.98 Å². The number of nitrogens with one attached hydrogen (secondary N) is 1. The monoisotopic (exact) mass is 198 g/mol. The Kier molecular flexibility index (Phi) is 5.78. The molecule has 0 aromatic carbocycles. The molecule has 0 aliphatic carbocycles. The van der Waals surface area contributed by atoms with E-state index in [4.69, 9.17) is 0 Å². The van der Waals surface area contributed by atoms with E-state index in [1.165, 1.54) is 30.6 Å². The van der Waals surface area contributed by atoms with E-state index >= 15 is 0 Å². The normalized spacial score (nSPS) is 10.5. The van der Waals surface area contributed by atoms with Crippen molar-refractivity contribution < 1.29 is 0 Å². The van der Waals surface area contributed by atoms with E-state index in [9.17, 15) is 0 Å². The molecular weight excluding hydrogens is 180 g/mol. The number of hydrogen-bond donors (Lipinski definition) is 1. The zero-order valence-electron chi connectivity index (χ0n) is 8.25. The van der Waals surface area contributed by atoms with Crippen molar-refractivity contribution in [3.8, 4) is 0 Å². The van der Waals surface area contributed by atoms with Crippen LogP contribution in [0.2, 0.25) is 0 Å². The van der Waals surface area contributed by atoms with E-state index in [1.54, 1.807) is 11.3 Å². The maximum atomic E-state index is 4.05. The summed E-state index contributed by atoms with van der Waals surface area (Å²) < 4.78 is 0. The van der Waals surface area contributed by atoms with Crippen molar-refractivity contribution in [1.82, 2.24) is 10.3 Å². The minimum absolute atomic E-state index is 1.15. The lowest BCUT2D eigenvalue weighted by Gasteiger charge is -2.01. The number of aromatic nitrogens is 1. The highest BCUT2D eigenvalue weighted by Gasteiger charge is 1.93. The van der Waals surface area contributed by atoms with E-state index in [2.05, 4.69) is 17.2 Å². The summed E-state index contributed by atoms with van der Waals surface area (Å²) in [5.41, 5.74) is 1.91. The van der Waals surface area contributed by atoms with Crippen LogP contribution in [0.25, 0.3) is 0 Å². The molecule has 0 saturated heterocycles. The maximum absolute atomic E-state index is 4.05. The topological polar surface area (TPSA) is 24.9 Å². The second-order valence-corrected chi connectivity index (χ2v) is 4.15. The van der Waals surface area contributed by atoms with Gasteiger partial charge in [0.05, 0.1) is 5.51 Å². The van der Waals surface area contributed by atoms with Gasteiger partial charge in [-0.15, -0.1) is 11.3 Å². The molecule has 0 spiro atoms. The molecule has 1 aromatic rings. The zero-order chi connectivity index (χ0) is 9.36. The Labute approximate surface area is 84.4 Å². The van der Waals surface area contributed by atoms with Crippen LogP contribution < -0.4 is 5.32 Å². The maximum Gasteiger partial charge on any atom is 0.0794 e. The molecule has 1 N–H and O–H groups in total. The fourth-order valence-corrected chi connectivity index (χ4v) is 1.86. The minimum Gasteiger partial charge on any atom is -0.317 e. The second kappa shape index (κ2) is 7.04. The first kappa shape index (κ1) is 10.7. The van der Waals surface area contributed by atoms with Crippen LogP contribution in [0, 0.1) is 0 Å². The van der Waals surface area contributed by atoms with E-state index < -0.39 is 0 Å².